The van der Waals surface area contributed by atoms with Crippen LogP contribution in [0.2, 0.25) is 0 Å². The Morgan fingerprint density at radius 3 is 2.32 bits per heavy atom. The Morgan fingerprint density at radius 1 is 0.947 bits per heavy atom. The van der Waals surface area contributed by atoms with E-state index in [0.29, 0.717) is 16.7 Å². The van der Waals surface area contributed by atoms with Gasteiger partial charge in [0.25, 0.3) is 0 Å². The summed E-state index contributed by atoms with van der Waals surface area (Å²) in [4.78, 5) is 0. The van der Waals surface area contributed by atoms with Crippen LogP contribution in [-0.2, 0) is 0 Å². The molecule has 0 bridgehead atoms. The monoisotopic (exact) mass is 264 g/mol. The highest BCUT2D eigenvalue weighted by Crippen LogP contribution is 2.52. The molecule has 0 saturated carbocycles. The molecule has 0 amide bonds. The van der Waals surface area contributed by atoms with Crippen molar-refractivity contribution in [2.24, 2.45) is 0 Å². The summed E-state index contributed by atoms with van der Waals surface area (Å²) in [7, 11) is 0. The molecule has 1 aliphatic carbocycles. The molecule has 4 heteroatoms. The van der Waals surface area contributed by atoms with Gasteiger partial charge in [0.15, 0.2) is 11.6 Å². The van der Waals surface area contributed by atoms with E-state index in [1.165, 1.54) is 6.07 Å². The van der Waals surface area contributed by atoms with E-state index < -0.39 is 17.5 Å². The standard InChI is InChI=1S/C15H11F3O/c1-3-19-10-6-9-8-5-4-7(2)13(16)11(8)12(9)15(18)14(10)17/h4-6H,3H2,1-2H3. The van der Waals surface area contributed by atoms with E-state index in [-0.39, 0.29) is 23.5 Å². The SMILES string of the molecule is CCOc1cc2c(c(F)c1F)-c1c-2ccc(C)c1F. The van der Waals surface area contributed by atoms with E-state index >= 15 is 0 Å². The molecule has 2 aromatic carbocycles. The molecule has 1 nitrogen and oxygen atoms in total. The van der Waals surface area contributed by atoms with Gasteiger partial charge in [0.2, 0.25) is 5.82 Å². The lowest BCUT2D eigenvalue weighted by atomic mass is 9.78. The smallest absolute Gasteiger partial charge is 0.201 e. The Bertz CT molecular complexity index is 693. The van der Waals surface area contributed by atoms with Gasteiger partial charge < -0.3 is 4.74 Å². The molecule has 0 atom stereocenters. The van der Waals surface area contributed by atoms with Crippen molar-refractivity contribution in [2.75, 3.05) is 6.61 Å². The van der Waals surface area contributed by atoms with Gasteiger partial charge in [-0.3, -0.25) is 0 Å². The molecular weight excluding hydrogens is 253 g/mol. The molecule has 0 unspecified atom stereocenters. The van der Waals surface area contributed by atoms with Crippen molar-refractivity contribution >= 4 is 0 Å². The number of halogens is 3. The Labute approximate surface area is 108 Å². The number of ether oxygens (including phenoxy) is 1. The average molecular weight is 264 g/mol. The van der Waals surface area contributed by atoms with Crippen LogP contribution >= 0.6 is 0 Å². The van der Waals surface area contributed by atoms with Crippen LogP contribution in [-0.4, -0.2) is 6.61 Å². The second kappa shape index (κ2) is 4.02. The summed E-state index contributed by atoms with van der Waals surface area (Å²) >= 11 is 0. The van der Waals surface area contributed by atoms with Crippen molar-refractivity contribution in [1.82, 2.24) is 0 Å². The Balaban J connectivity index is 2.24. The van der Waals surface area contributed by atoms with Crippen LogP contribution in [0, 0.1) is 24.4 Å². The highest BCUT2D eigenvalue weighted by Gasteiger charge is 2.33. The minimum Gasteiger partial charge on any atom is -0.491 e. The molecule has 0 aliphatic heterocycles. The van der Waals surface area contributed by atoms with Gasteiger partial charge in [0.1, 0.15) is 5.82 Å². The Morgan fingerprint density at radius 2 is 1.63 bits per heavy atom. The molecule has 19 heavy (non-hydrogen) atoms. The molecule has 0 aromatic heterocycles. The van der Waals surface area contributed by atoms with Crippen LogP contribution in [0.15, 0.2) is 18.2 Å². The quantitative estimate of drug-likeness (QED) is 0.664. The topological polar surface area (TPSA) is 9.23 Å². The number of benzene rings is 2. The molecule has 0 spiro atoms. The van der Waals surface area contributed by atoms with Gasteiger partial charge in [0, 0.05) is 11.1 Å². The Hall–Kier alpha value is -1.97. The van der Waals surface area contributed by atoms with Crippen LogP contribution < -0.4 is 4.74 Å². The number of hydrogen-bond acceptors (Lipinski definition) is 1. The highest BCUT2D eigenvalue weighted by molar-refractivity contribution is 6.03. The fourth-order valence-electron chi connectivity index (χ4n) is 2.41. The van der Waals surface area contributed by atoms with E-state index in [0.717, 1.165) is 0 Å². The third kappa shape index (κ3) is 1.49. The van der Waals surface area contributed by atoms with Gasteiger partial charge >= 0.3 is 0 Å². The largest absolute Gasteiger partial charge is 0.491 e. The Kier molecular flexibility index (Phi) is 2.55. The van der Waals surface area contributed by atoms with Gasteiger partial charge in [-0.05, 0) is 36.6 Å². The summed E-state index contributed by atoms with van der Waals surface area (Å²) in [6, 6.07) is 4.76. The third-order valence-electron chi connectivity index (χ3n) is 3.35. The number of fused-ring (bicyclic) bond motifs is 4. The van der Waals surface area contributed by atoms with Crippen molar-refractivity contribution in [3.8, 4) is 28.0 Å². The van der Waals surface area contributed by atoms with Crippen molar-refractivity contribution in [2.45, 2.75) is 13.8 Å². The summed E-state index contributed by atoms with van der Waals surface area (Å²) in [5, 5.41) is 0. The fraction of sp³-hybridized carbons (Fsp3) is 0.200. The predicted molar refractivity (Wildman–Crippen MR) is 66.7 cm³/mol. The number of rotatable bonds is 2. The molecule has 3 rings (SSSR count). The van der Waals surface area contributed by atoms with Crippen LogP contribution in [0.4, 0.5) is 13.2 Å². The van der Waals surface area contributed by atoms with Crippen molar-refractivity contribution in [3.63, 3.8) is 0 Å². The van der Waals surface area contributed by atoms with Gasteiger partial charge in [-0.2, -0.15) is 4.39 Å². The summed E-state index contributed by atoms with van der Waals surface area (Å²) in [6.45, 7) is 3.52. The molecule has 1 aliphatic rings. The summed E-state index contributed by atoms with van der Waals surface area (Å²) in [5.41, 5.74) is 1.68. The lowest BCUT2D eigenvalue weighted by Crippen LogP contribution is -2.09. The first-order valence-corrected chi connectivity index (χ1v) is 6.00. The number of aryl methyl sites for hydroxylation is 1. The van der Waals surface area contributed by atoms with Gasteiger partial charge in [0.05, 0.1) is 6.61 Å². The van der Waals surface area contributed by atoms with E-state index in [4.69, 9.17) is 4.74 Å². The second-order valence-corrected chi connectivity index (χ2v) is 4.48. The summed E-state index contributed by atoms with van der Waals surface area (Å²) in [5.74, 6) is -2.73. The highest BCUT2D eigenvalue weighted by atomic mass is 19.2. The molecule has 0 saturated heterocycles. The maximum absolute atomic E-state index is 14.0. The minimum absolute atomic E-state index is 0.0113. The van der Waals surface area contributed by atoms with Gasteiger partial charge in [-0.15, -0.1) is 0 Å². The first-order valence-electron chi connectivity index (χ1n) is 6.00. The molecule has 0 heterocycles. The molecule has 2 aromatic rings. The fourth-order valence-corrected chi connectivity index (χ4v) is 2.41. The molecule has 0 N–H and O–H groups in total. The lowest BCUT2D eigenvalue weighted by molar-refractivity contribution is 0.314. The average Bonchev–Trinajstić information content (AvgIpc) is 2.37. The van der Waals surface area contributed by atoms with Gasteiger partial charge in [-0.1, -0.05) is 12.1 Å². The van der Waals surface area contributed by atoms with Crippen molar-refractivity contribution in [3.05, 3.63) is 41.2 Å². The predicted octanol–water partition coefficient (Wildman–Crippen LogP) is 4.46. The maximum atomic E-state index is 14.0. The van der Waals surface area contributed by atoms with Crippen molar-refractivity contribution in [1.29, 1.82) is 0 Å². The maximum Gasteiger partial charge on any atom is 0.201 e. The van der Waals surface area contributed by atoms with Crippen LogP contribution in [0.3, 0.4) is 0 Å². The first-order chi connectivity index (χ1) is 9.06. The van der Waals surface area contributed by atoms with Gasteiger partial charge in [-0.25, -0.2) is 8.78 Å². The zero-order chi connectivity index (χ0) is 13.7. The zero-order valence-electron chi connectivity index (χ0n) is 10.5. The molecule has 98 valence electrons. The minimum atomic E-state index is -1.06. The first kappa shape index (κ1) is 12.1. The molecular formula is C15H11F3O. The summed E-state index contributed by atoms with van der Waals surface area (Å²) in [6.07, 6.45) is 0. The van der Waals surface area contributed by atoms with Crippen LogP contribution in [0.1, 0.15) is 12.5 Å². The van der Waals surface area contributed by atoms with E-state index in [1.54, 1.807) is 26.0 Å². The second-order valence-electron chi connectivity index (χ2n) is 4.48. The van der Waals surface area contributed by atoms with E-state index in [9.17, 15) is 13.2 Å². The van der Waals surface area contributed by atoms with E-state index in [1.807, 2.05) is 0 Å². The zero-order valence-corrected chi connectivity index (χ0v) is 10.5. The third-order valence-corrected chi connectivity index (χ3v) is 3.35. The number of hydrogen-bond donors (Lipinski definition) is 0. The van der Waals surface area contributed by atoms with Crippen LogP contribution in [0.25, 0.3) is 22.3 Å². The van der Waals surface area contributed by atoms with Crippen molar-refractivity contribution < 1.29 is 17.9 Å². The lowest BCUT2D eigenvalue weighted by Gasteiger charge is -2.26. The van der Waals surface area contributed by atoms with Crippen LogP contribution in [0.5, 0.6) is 5.75 Å². The normalized spacial score (nSPS) is 11.6. The van der Waals surface area contributed by atoms with E-state index in [2.05, 4.69) is 0 Å². The molecule has 0 fully saturated rings. The molecule has 0 radical (unpaired) electrons. The summed E-state index contributed by atoms with van der Waals surface area (Å²) < 4.78 is 46.8.